The van der Waals surface area contributed by atoms with Crippen LogP contribution in [0.2, 0.25) is 0 Å². The SMILES string of the molecule is CC(C)CC(NC(=O)[C@H](CCc1ccccc1)NC(=O)CCCCCCCCCN1CCN(C)CC1)C(=O)N[C@@H](Cc1ccccc1)C(=O)NC(CC(C)C)C(=O)C1(C)CO1. The number of likely N-dealkylation sites (N-methyl/N-ethyl adjacent to an activating group) is 1. The van der Waals surface area contributed by atoms with E-state index in [0.29, 0.717) is 38.7 Å². The Morgan fingerprint density at radius 2 is 1.11 bits per heavy atom. The van der Waals surface area contributed by atoms with Gasteiger partial charge < -0.3 is 35.8 Å². The highest BCUT2D eigenvalue weighted by atomic mass is 16.6. The minimum Gasteiger partial charge on any atom is -0.361 e. The van der Waals surface area contributed by atoms with Gasteiger partial charge in [-0.15, -0.1) is 0 Å². The second-order valence-corrected chi connectivity index (χ2v) is 18.5. The summed E-state index contributed by atoms with van der Waals surface area (Å²) in [5, 5.41) is 11.8. The van der Waals surface area contributed by atoms with Crippen LogP contribution in [-0.2, 0) is 41.6 Å². The second-order valence-electron chi connectivity index (χ2n) is 18.5. The first kappa shape index (κ1) is 49.5. The minimum atomic E-state index is -1.02. The lowest BCUT2D eigenvalue weighted by Gasteiger charge is -2.32. The van der Waals surface area contributed by atoms with E-state index in [1.54, 1.807) is 6.92 Å². The molecule has 2 heterocycles. The molecule has 4 rings (SSSR count). The van der Waals surface area contributed by atoms with Gasteiger partial charge in [0.05, 0.1) is 12.6 Å². The maximum absolute atomic E-state index is 14.2. The topological polar surface area (TPSA) is 152 Å². The molecule has 3 unspecified atom stereocenters. The van der Waals surface area contributed by atoms with Crippen LogP contribution < -0.4 is 21.3 Å². The Morgan fingerprint density at radius 1 is 0.623 bits per heavy atom. The molecule has 338 valence electrons. The molecule has 2 aliphatic rings. The third kappa shape index (κ3) is 18.4. The Hall–Kier alpha value is -4.13. The van der Waals surface area contributed by atoms with Crippen molar-refractivity contribution in [2.24, 2.45) is 11.8 Å². The average molecular weight is 845 g/mol. The van der Waals surface area contributed by atoms with Gasteiger partial charge in [0.2, 0.25) is 23.6 Å². The van der Waals surface area contributed by atoms with Crippen molar-refractivity contribution in [3.8, 4) is 0 Å². The maximum atomic E-state index is 14.2. The molecular formula is C49H76N6O6. The number of hydrogen-bond donors (Lipinski definition) is 4. The quantitative estimate of drug-likeness (QED) is 0.0637. The van der Waals surface area contributed by atoms with Crippen LogP contribution in [0, 0.1) is 11.8 Å². The molecule has 4 N–H and O–H groups in total. The molecule has 2 fully saturated rings. The fraction of sp³-hybridized carbons (Fsp3) is 0.653. The van der Waals surface area contributed by atoms with Gasteiger partial charge in [-0.25, -0.2) is 0 Å². The first-order valence-corrected chi connectivity index (χ1v) is 23.1. The molecule has 5 atom stereocenters. The number of carbonyl (C=O) groups is 5. The number of ketones is 1. The maximum Gasteiger partial charge on any atom is 0.243 e. The molecule has 0 spiro atoms. The summed E-state index contributed by atoms with van der Waals surface area (Å²) in [5.41, 5.74) is 0.951. The van der Waals surface area contributed by atoms with Crippen molar-refractivity contribution < 1.29 is 28.7 Å². The highest BCUT2D eigenvalue weighted by molar-refractivity contribution is 5.98. The van der Waals surface area contributed by atoms with Gasteiger partial charge in [-0.1, -0.05) is 120 Å². The summed E-state index contributed by atoms with van der Waals surface area (Å²) in [5.74, 6) is -1.64. The molecule has 2 aromatic rings. The van der Waals surface area contributed by atoms with Crippen molar-refractivity contribution >= 4 is 29.4 Å². The normalized spacial score (nSPS) is 18.8. The van der Waals surface area contributed by atoms with E-state index in [9.17, 15) is 24.0 Å². The monoisotopic (exact) mass is 845 g/mol. The summed E-state index contributed by atoms with van der Waals surface area (Å²) >= 11 is 0. The second kappa shape index (κ2) is 25.7. The molecule has 0 bridgehead atoms. The van der Waals surface area contributed by atoms with E-state index in [1.165, 1.54) is 25.8 Å². The molecule has 0 aromatic heterocycles. The third-order valence-corrected chi connectivity index (χ3v) is 11.9. The fourth-order valence-electron chi connectivity index (χ4n) is 7.97. The van der Waals surface area contributed by atoms with E-state index in [2.05, 4.69) is 38.1 Å². The predicted molar refractivity (Wildman–Crippen MR) is 242 cm³/mol. The van der Waals surface area contributed by atoms with Crippen LogP contribution in [0.25, 0.3) is 0 Å². The molecule has 61 heavy (non-hydrogen) atoms. The number of hydrogen-bond acceptors (Lipinski definition) is 8. The highest BCUT2D eigenvalue weighted by Gasteiger charge is 2.50. The van der Waals surface area contributed by atoms with Gasteiger partial charge in [-0.05, 0) is 82.0 Å². The number of benzene rings is 2. The first-order valence-electron chi connectivity index (χ1n) is 23.1. The van der Waals surface area contributed by atoms with Gasteiger partial charge in [-0.3, -0.25) is 24.0 Å². The predicted octanol–water partition coefficient (Wildman–Crippen LogP) is 5.62. The third-order valence-electron chi connectivity index (χ3n) is 11.9. The number of nitrogens with zero attached hydrogens (tertiary/aromatic N) is 2. The lowest BCUT2D eigenvalue weighted by molar-refractivity contribution is -0.135. The van der Waals surface area contributed by atoms with Crippen LogP contribution in [-0.4, -0.2) is 115 Å². The number of unbranched alkanes of at least 4 members (excludes halogenated alkanes) is 6. The summed E-state index contributed by atoms with van der Waals surface area (Å²) in [6, 6.07) is 15.6. The number of aryl methyl sites for hydroxylation is 1. The van der Waals surface area contributed by atoms with Crippen molar-refractivity contribution in [3.05, 3.63) is 71.8 Å². The number of Topliss-reactive ketones (excluding diaryl/α,β-unsaturated/α-hetero) is 1. The Bertz CT molecular complexity index is 1640. The van der Waals surface area contributed by atoms with Gasteiger partial charge in [0.15, 0.2) is 5.78 Å². The average Bonchev–Trinajstić information content (AvgIpc) is 3.99. The number of carbonyl (C=O) groups excluding carboxylic acids is 5. The highest BCUT2D eigenvalue weighted by Crippen LogP contribution is 2.30. The zero-order chi connectivity index (χ0) is 44.2. The molecule has 0 radical (unpaired) electrons. The van der Waals surface area contributed by atoms with E-state index in [0.717, 1.165) is 63.0 Å². The van der Waals surface area contributed by atoms with Gasteiger partial charge in [-0.2, -0.15) is 0 Å². The molecule has 4 amide bonds. The first-order chi connectivity index (χ1) is 29.2. The van der Waals surface area contributed by atoms with E-state index >= 15 is 0 Å². The summed E-state index contributed by atoms with van der Waals surface area (Å²) < 4.78 is 5.44. The van der Waals surface area contributed by atoms with E-state index in [1.807, 2.05) is 88.4 Å². The van der Waals surface area contributed by atoms with E-state index < -0.39 is 47.5 Å². The van der Waals surface area contributed by atoms with Crippen LogP contribution in [0.3, 0.4) is 0 Å². The molecule has 12 nitrogen and oxygen atoms in total. The summed E-state index contributed by atoms with van der Waals surface area (Å²) in [7, 11) is 2.19. The van der Waals surface area contributed by atoms with Crippen LogP contribution in [0.4, 0.5) is 0 Å². The molecule has 0 saturated carbocycles. The van der Waals surface area contributed by atoms with Gasteiger partial charge in [0.25, 0.3) is 0 Å². The number of epoxide rings is 1. The van der Waals surface area contributed by atoms with Gasteiger partial charge in [0, 0.05) is 39.0 Å². The zero-order valence-corrected chi connectivity index (χ0v) is 38.0. The van der Waals surface area contributed by atoms with E-state index in [4.69, 9.17) is 4.74 Å². The Morgan fingerprint density at radius 3 is 1.70 bits per heavy atom. The molecule has 2 saturated heterocycles. The van der Waals surface area contributed by atoms with Gasteiger partial charge >= 0.3 is 0 Å². The van der Waals surface area contributed by atoms with Crippen LogP contribution >= 0.6 is 0 Å². The number of amides is 4. The van der Waals surface area contributed by atoms with Crippen LogP contribution in [0.15, 0.2) is 60.7 Å². The minimum absolute atomic E-state index is 0.0269. The van der Waals surface area contributed by atoms with Crippen molar-refractivity contribution in [1.29, 1.82) is 0 Å². The molecule has 2 aromatic carbocycles. The van der Waals surface area contributed by atoms with Crippen molar-refractivity contribution in [1.82, 2.24) is 31.1 Å². The molecule has 12 heteroatoms. The Labute approximate surface area is 366 Å². The van der Waals surface area contributed by atoms with Crippen molar-refractivity contribution in [2.45, 2.75) is 148 Å². The number of rotatable bonds is 28. The molecule has 2 aliphatic heterocycles. The Balaban J connectivity index is 1.36. The summed E-state index contributed by atoms with van der Waals surface area (Å²) in [4.78, 5) is 74.0. The number of piperazine rings is 1. The lowest BCUT2D eigenvalue weighted by Crippen LogP contribution is -2.59. The standard InChI is InChI=1S/C49H76N6O6/c1-36(2)32-41(45(57)49(5)35-61-49)51-48(60)43(34-39-22-16-13-17-23-39)53-47(59)42(33-37(3)4)52-46(58)40(26-25-38-20-14-12-15-21-38)50-44(56)24-18-10-8-7-9-11-19-27-55-30-28-54(6)29-31-55/h12-17,20-23,36-37,40-43H,7-11,18-19,24-35H2,1-6H3,(H,50,56)(H,51,60)(H,52,58)(H,53,59)/t40-,41?,42?,43-,49?/m0/s1. The van der Waals surface area contributed by atoms with Crippen molar-refractivity contribution in [3.63, 3.8) is 0 Å². The van der Waals surface area contributed by atoms with E-state index in [-0.39, 0.29) is 29.9 Å². The smallest absolute Gasteiger partial charge is 0.243 e. The summed E-state index contributed by atoms with van der Waals surface area (Å²) in [6.07, 6.45) is 9.80. The fourth-order valence-corrected chi connectivity index (χ4v) is 7.97. The number of nitrogens with one attached hydrogen (secondary N) is 4. The lowest BCUT2D eigenvalue weighted by atomic mass is 9.93. The molecule has 0 aliphatic carbocycles. The summed E-state index contributed by atoms with van der Waals surface area (Å²) in [6.45, 7) is 15.8. The van der Waals surface area contributed by atoms with Crippen molar-refractivity contribution in [2.75, 3.05) is 46.4 Å². The van der Waals surface area contributed by atoms with Crippen LogP contribution in [0.1, 0.15) is 116 Å². The number of ether oxygens (including phenoxy) is 1. The molecular weight excluding hydrogens is 769 g/mol. The van der Waals surface area contributed by atoms with Gasteiger partial charge in [0.1, 0.15) is 23.7 Å². The largest absolute Gasteiger partial charge is 0.361 e. The zero-order valence-electron chi connectivity index (χ0n) is 38.0. The Kier molecular flexibility index (Phi) is 20.9. The van der Waals surface area contributed by atoms with Crippen LogP contribution in [0.5, 0.6) is 0 Å².